The van der Waals surface area contributed by atoms with Crippen LogP contribution in [0.5, 0.6) is 0 Å². The fourth-order valence-corrected chi connectivity index (χ4v) is 2.72. The number of nitrogens with zero attached hydrogens (tertiary/aromatic N) is 1. The number of benzene rings is 1. The van der Waals surface area contributed by atoms with E-state index in [9.17, 15) is 0 Å². The van der Waals surface area contributed by atoms with Crippen molar-refractivity contribution >= 4 is 15.9 Å². The molecule has 0 fully saturated rings. The highest BCUT2D eigenvalue weighted by atomic mass is 79.9. The van der Waals surface area contributed by atoms with Crippen LogP contribution < -0.4 is 5.32 Å². The summed E-state index contributed by atoms with van der Waals surface area (Å²) in [5, 5.41) is 3.39. The van der Waals surface area contributed by atoms with Crippen LogP contribution in [0.2, 0.25) is 0 Å². The zero-order valence-corrected chi connectivity index (χ0v) is 14.3. The molecule has 21 heavy (non-hydrogen) atoms. The molecule has 0 bridgehead atoms. The molecule has 1 heterocycles. The van der Waals surface area contributed by atoms with Crippen molar-refractivity contribution < 1.29 is 4.42 Å². The fraction of sp³-hybridized carbons (Fsp3) is 0.412. The molecule has 0 aliphatic rings. The number of hydrogen-bond acceptors (Lipinski definition) is 3. The minimum Gasteiger partial charge on any atom is -0.468 e. The van der Waals surface area contributed by atoms with Gasteiger partial charge in [-0.1, -0.05) is 41.1 Å². The summed E-state index contributed by atoms with van der Waals surface area (Å²) in [6.07, 6.45) is 2.92. The first-order valence-corrected chi connectivity index (χ1v) is 8.18. The van der Waals surface area contributed by atoms with E-state index in [0.717, 1.165) is 42.8 Å². The van der Waals surface area contributed by atoms with Gasteiger partial charge in [-0.3, -0.25) is 4.90 Å². The fourth-order valence-electron chi connectivity index (χ4n) is 2.31. The van der Waals surface area contributed by atoms with Gasteiger partial charge < -0.3 is 9.73 Å². The van der Waals surface area contributed by atoms with Gasteiger partial charge in [0, 0.05) is 23.1 Å². The van der Waals surface area contributed by atoms with Gasteiger partial charge in [0.25, 0.3) is 0 Å². The molecule has 0 saturated heterocycles. The topological polar surface area (TPSA) is 28.4 Å². The van der Waals surface area contributed by atoms with Gasteiger partial charge >= 0.3 is 0 Å². The highest BCUT2D eigenvalue weighted by molar-refractivity contribution is 9.10. The normalized spacial score (nSPS) is 11.2. The van der Waals surface area contributed by atoms with Crippen LogP contribution >= 0.6 is 15.9 Å². The first-order valence-electron chi connectivity index (χ1n) is 7.38. The summed E-state index contributed by atoms with van der Waals surface area (Å²) in [6.45, 7) is 5.79. The molecule has 1 N–H and O–H groups in total. The van der Waals surface area contributed by atoms with Gasteiger partial charge in [0.15, 0.2) is 0 Å². The summed E-state index contributed by atoms with van der Waals surface area (Å²) in [5.74, 6) is 1.04. The van der Waals surface area contributed by atoms with Crippen LogP contribution in [0.3, 0.4) is 0 Å². The maximum atomic E-state index is 5.59. The van der Waals surface area contributed by atoms with E-state index in [-0.39, 0.29) is 0 Å². The smallest absolute Gasteiger partial charge is 0.122 e. The van der Waals surface area contributed by atoms with Crippen molar-refractivity contribution in [1.82, 2.24) is 10.2 Å². The Balaban J connectivity index is 1.92. The zero-order chi connectivity index (χ0) is 15.1. The number of hydrogen-bond donors (Lipinski definition) is 1. The number of nitrogens with one attached hydrogen (secondary N) is 1. The van der Waals surface area contributed by atoms with Crippen molar-refractivity contribution in [1.29, 1.82) is 0 Å². The van der Waals surface area contributed by atoms with E-state index in [2.05, 4.69) is 64.4 Å². The van der Waals surface area contributed by atoms with E-state index in [4.69, 9.17) is 4.42 Å². The second-order valence-corrected chi connectivity index (χ2v) is 6.16. The van der Waals surface area contributed by atoms with Crippen LogP contribution in [0.15, 0.2) is 45.5 Å². The van der Waals surface area contributed by atoms with Crippen molar-refractivity contribution in [3.63, 3.8) is 0 Å². The van der Waals surface area contributed by atoms with Gasteiger partial charge in [0.05, 0.1) is 12.8 Å². The number of halogens is 1. The predicted molar refractivity (Wildman–Crippen MR) is 90.0 cm³/mol. The minimum atomic E-state index is 0.805. The maximum absolute atomic E-state index is 5.59. The molecular formula is C17H23BrN2O. The molecule has 114 valence electrons. The van der Waals surface area contributed by atoms with Crippen molar-refractivity contribution in [2.24, 2.45) is 0 Å². The Morgan fingerprint density at radius 2 is 1.90 bits per heavy atom. The second kappa shape index (κ2) is 8.37. The van der Waals surface area contributed by atoms with Gasteiger partial charge in [-0.2, -0.15) is 0 Å². The Labute approximate surface area is 135 Å². The van der Waals surface area contributed by atoms with Crippen molar-refractivity contribution in [2.45, 2.75) is 33.0 Å². The van der Waals surface area contributed by atoms with Crippen LogP contribution in [-0.2, 0) is 19.6 Å². The van der Waals surface area contributed by atoms with E-state index in [1.165, 1.54) is 11.1 Å². The number of furan rings is 1. The summed E-state index contributed by atoms with van der Waals surface area (Å²) < 4.78 is 6.75. The summed E-state index contributed by atoms with van der Waals surface area (Å²) in [7, 11) is 2.13. The zero-order valence-electron chi connectivity index (χ0n) is 12.7. The molecule has 3 nitrogen and oxygen atoms in total. The largest absolute Gasteiger partial charge is 0.468 e. The summed E-state index contributed by atoms with van der Waals surface area (Å²) in [6, 6.07) is 10.4. The molecule has 0 atom stereocenters. The molecule has 2 aromatic rings. The third kappa shape index (κ3) is 4.99. The first kappa shape index (κ1) is 16.3. The minimum absolute atomic E-state index is 0.805. The predicted octanol–water partition coefficient (Wildman–Crippen LogP) is 4.17. The van der Waals surface area contributed by atoms with Crippen LogP contribution in [0, 0.1) is 0 Å². The third-order valence-electron chi connectivity index (χ3n) is 3.39. The highest BCUT2D eigenvalue weighted by Crippen LogP contribution is 2.19. The quantitative estimate of drug-likeness (QED) is 0.724. The third-order valence-corrected chi connectivity index (χ3v) is 4.16. The molecule has 0 spiro atoms. The standard InChI is InChI=1S/C17H23BrN2O/c1-3-9-19-11-17-15(8-10-21-17)13-20(2)12-14-6-4-5-7-16(14)18/h4-8,10,19H,3,9,11-13H2,1-2H3. The Kier molecular flexibility index (Phi) is 6.49. The van der Waals surface area contributed by atoms with E-state index < -0.39 is 0 Å². The van der Waals surface area contributed by atoms with Crippen molar-refractivity contribution in [3.8, 4) is 0 Å². The molecule has 0 aliphatic carbocycles. The molecule has 0 saturated carbocycles. The number of rotatable bonds is 8. The van der Waals surface area contributed by atoms with Crippen molar-refractivity contribution in [2.75, 3.05) is 13.6 Å². The molecular weight excluding hydrogens is 328 g/mol. The van der Waals surface area contributed by atoms with Gasteiger partial charge in [-0.25, -0.2) is 0 Å². The molecule has 4 heteroatoms. The lowest BCUT2D eigenvalue weighted by Crippen LogP contribution is -2.19. The lowest BCUT2D eigenvalue weighted by Gasteiger charge is -2.17. The SMILES string of the molecule is CCCNCc1occc1CN(C)Cc1ccccc1Br. The van der Waals surface area contributed by atoms with E-state index in [0.29, 0.717) is 0 Å². The molecule has 0 aliphatic heterocycles. The molecule has 0 unspecified atom stereocenters. The summed E-state index contributed by atoms with van der Waals surface area (Å²) in [5.41, 5.74) is 2.56. The lowest BCUT2D eigenvalue weighted by atomic mass is 10.2. The second-order valence-electron chi connectivity index (χ2n) is 5.31. The van der Waals surface area contributed by atoms with Crippen LogP contribution in [0.25, 0.3) is 0 Å². The Bertz CT molecular complexity index is 553. The first-order chi connectivity index (χ1) is 10.2. The van der Waals surface area contributed by atoms with Gasteiger partial charge in [-0.05, 0) is 37.7 Å². The van der Waals surface area contributed by atoms with E-state index in [1.807, 2.05) is 6.07 Å². The Morgan fingerprint density at radius 3 is 2.67 bits per heavy atom. The average Bonchev–Trinajstić information content (AvgIpc) is 2.89. The van der Waals surface area contributed by atoms with E-state index >= 15 is 0 Å². The molecule has 1 aromatic carbocycles. The van der Waals surface area contributed by atoms with Crippen molar-refractivity contribution in [3.05, 3.63) is 58.0 Å². The Morgan fingerprint density at radius 1 is 1.14 bits per heavy atom. The Hall–Kier alpha value is -1.10. The molecule has 2 rings (SSSR count). The average molecular weight is 351 g/mol. The molecule has 1 aromatic heterocycles. The van der Waals surface area contributed by atoms with Gasteiger partial charge in [-0.15, -0.1) is 0 Å². The summed E-state index contributed by atoms with van der Waals surface area (Å²) in [4.78, 5) is 2.30. The summed E-state index contributed by atoms with van der Waals surface area (Å²) >= 11 is 3.60. The van der Waals surface area contributed by atoms with E-state index in [1.54, 1.807) is 6.26 Å². The monoisotopic (exact) mass is 350 g/mol. The van der Waals surface area contributed by atoms with Crippen LogP contribution in [-0.4, -0.2) is 18.5 Å². The van der Waals surface area contributed by atoms with Crippen LogP contribution in [0.4, 0.5) is 0 Å². The molecule has 0 radical (unpaired) electrons. The highest BCUT2D eigenvalue weighted by Gasteiger charge is 2.10. The molecule has 0 amide bonds. The van der Waals surface area contributed by atoms with Crippen LogP contribution in [0.1, 0.15) is 30.2 Å². The maximum Gasteiger partial charge on any atom is 0.122 e. The lowest BCUT2D eigenvalue weighted by molar-refractivity contribution is 0.314. The van der Waals surface area contributed by atoms with Gasteiger partial charge in [0.1, 0.15) is 5.76 Å². The van der Waals surface area contributed by atoms with Gasteiger partial charge in [0.2, 0.25) is 0 Å².